The van der Waals surface area contributed by atoms with Crippen LogP contribution in [0.1, 0.15) is 36.6 Å². The molecule has 4 rings (SSSR count). The van der Waals surface area contributed by atoms with Crippen molar-refractivity contribution >= 4 is 24.8 Å². The van der Waals surface area contributed by atoms with E-state index < -0.39 is 0 Å². The zero-order valence-electron chi connectivity index (χ0n) is 15.0. The summed E-state index contributed by atoms with van der Waals surface area (Å²) in [6, 6.07) is 25.4. The van der Waals surface area contributed by atoms with Crippen LogP contribution in [0.15, 0.2) is 79.0 Å². The molecule has 0 bridgehead atoms. The lowest BCUT2D eigenvalue weighted by Crippen LogP contribution is -2.44. The molecule has 1 aliphatic carbocycles. The molecule has 3 nitrogen and oxygen atoms in total. The maximum Gasteiger partial charge on any atom is 0.0580 e. The van der Waals surface area contributed by atoms with Gasteiger partial charge in [-0.15, -0.1) is 24.8 Å². The number of pyridine rings is 1. The maximum atomic E-state index is 6.65. The second-order valence-electron chi connectivity index (χ2n) is 6.69. The highest BCUT2D eigenvalue weighted by Gasteiger charge is 2.44. The Labute approximate surface area is 173 Å². The molecule has 5 heteroatoms. The normalized spacial score (nSPS) is 15.1. The van der Waals surface area contributed by atoms with Crippen LogP contribution in [0.25, 0.3) is 11.1 Å². The summed E-state index contributed by atoms with van der Waals surface area (Å²) >= 11 is 0. The molecule has 144 valence electrons. The number of nitrogens with zero attached hydrogens (tertiary/aromatic N) is 1. The van der Waals surface area contributed by atoms with Gasteiger partial charge in [-0.05, 0) is 41.7 Å². The molecule has 1 saturated carbocycles. The minimum Gasteiger partial charge on any atom is -0.412 e. The first-order valence-corrected chi connectivity index (χ1v) is 8.62. The van der Waals surface area contributed by atoms with Crippen molar-refractivity contribution in [3.05, 3.63) is 90.3 Å². The molecule has 1 heterocycles. The highest BCUT2D eigenvalue weighted by Crippen LogP contribution is 2.50. The molecule has 1 aromatic heterocycles. The molecule has 1 aliphatic rings. The van der Waals surface area contributed by atoms with Crippen LogP contribution in [0.5, 0.6) is 0 Å². The van der Waals surface area contributed by atoms with Crippen LogP contribution in [0, 0.1) is 0 Å². The molecular formula is C22H26Cl2N2O. The molecule has 2 aromatic carbocycles. The predicted molar refractivity (Wildman–Crippen MR) is 117 cm³/mol. The maximum absolute atomic E-state index is 6.65. The standard InChI is InChI=1S/C22H22N2.2ClH.H2O/c23-21(20-9-4-5-16-24-20)22(14-6-15-22)19-12-10-18(11-13-19)17-7-2-1-3-8-17;;;/h1-5,7-13,16,21H,6,14-15,23H2;2*1H;1H2. The van der Waals surface area contributed by atoms with Crippen LogP contribution in [0.4, 0.5) is 0 Å². The molecule has 27 heavy (non-hydrogen) atoms. The van der Waals surface area contributed by atoms with Crippen molar-refractivity contribution < 1.29 is 5.48 Å². The van der Waals surface area contributed by atoms with Gasteiger partial charge in [-0.25, -0.2) is 0 Å². The van der Waals surface area contributed by atoms with E-state index >= 15 is 0 Å². The molecule has 1 unspecified atom stereocenters. The largest absolute Gasteiger partial charge is 0.412 e. The molecular weight excluding hydrogens is 379 g/mol. The smallest absolute Gasteiger partial charge is 0.0580 e. The van der Waals surface area contributed by atoms with Crippen molar-refractivity contribution in [3.8, 4) is 11.1 Å². The summed E-state index contributed by atoms with van der Waals surface area (Å²) in [6.45, 7) is 0. The van der Waals surface area contributed by atoms with Crippen molar-refractivity contribution in [2.75, 3.05) is 0 Å². The fraction of sp³-hybridized carbons (Fsp3) is 0.227. The van der Waals surface area contributed by atoms with Crippen molar-refractivity contribution in [1.82, 2.24) is 4.98 Å². The van der Waals surface area contributed by atoms with Gasteiger partial charge in [0.25, 0.3) is 0 Å². The number of hydrogen-bond acceptors (Lipinski definition) is 2. The van der Waals surface area contributed by atoms with E-state index in [0.29, 0.717) is 0 Å². The highest BCUT2D eigenvalue weighted by atomic mass is 35.5. The Balaban J connectivity index is 0.00000121. The lowest BCUT2D eigenvalue weighted by atomic mass is 9.59. The van der Waals surface area contributed by atoms with Crippen LogP contribution in [-0.4, -0.2) is 10.5 Å². The van der Waals surface area contributed by atoms with Crippen molar-refractivity contribution in [1.29, 1.82) is 0 Å². The van der Waals surface area contributed by atoms with Crippen LogP contribution in [0.2, 0.25) is 0 Å². The van der Waals surface area contributed by atoms with Gasteiger partial charge in [0.15, 0.2) is 0 Å². The minimum absolute atomic E-state index is 0. The molecule has 4 N–H and O–H groups in total. The average Bonchev–Trinajstić information content (AvgIpc) is 2.63. The predicted octanol–water partition coefficient (Wildman–Crippen LogP) is 4.89. The SMILES string of the molecule is Cl.Cl.NC(c1ccccn1)C1(c2ccc(-c3ccccc3)cc2)CCC1.O. The summed E-state index contributed by atoms with van der Waals surface area (Å²) in [6.07, 6.45) is 5.34. The third-order valence-corrected chi connectivity index (χ3v) is 5.41. The Morgan fingerprint density at radius 1 is 0.778 bits per heavy atom. The van der Waals surface area contributed by atoms with Gasteiger partial charge in [0.2, 0.25) is 0 Å². The summed E-state index contributed by atoms with van der Waals surface area (Å²) in [5, 5.41) is 0. The Kier molecular flexibility index (Phi) is 8.45. The van der Waals surface area contributed by atoms with Crippen LogP contribution in [0.3, 0.4) is 0 Å². The lowest BCUT2D eigenvalue weighted by molar-refractivity contribution is 0.194. The van der Waals surface area contributed by atoms with Crippen LogP contribution < -0.4 is 5.73 Å². The van der Waals surface area contributed by atoms with Gasteiger partial charge < -0.3 is 11.2 Å². The van der Waals surface area contributed by atoms with Gasteiger partial charge >= 0.3 is 0 Å². The Morgan fingerprint density at radius 3 is 1.89 bits per heavy atom. The second-order valence-corrected chi connectivity index (χ2v) is 6.69. The van der Waals surface area contributed by atoms with E-state index in [4.69, 9.17) is 5.73 Å². The zero-order chi connectivity index (χ0) is 16.4. The van der Waals surface area contributed by atoms with Gasteiger partial charge in [-0.3, -0.25) is 4.98 Å². The van der Waals surface area contributed by atoms with E-state index in [0.717, 1.165) is 18.5 Å². The van der Waals surface area contributed by atoms with Gasteiger partial charge in [0.05, 0.1) is 11.7 Å². The lowest BCUT2D eigenvalue weighted by Gasteiger charge is -2.46. The number of nitrogens with two attached hydrogens (primary N) is 1. The monoisotopic (exact) mass is 404 g/mol. The van der Waals surface area contributed by atoms with Gasteiger partial charge in [-0.2, -0.15) is 0 Å². The third-order valence-electron chi connectivity index (χ3n) is 5.41. The van der Waals surface area contributed by atoms with E-state index in [1.165, 1.54) is 23.1 Å². The molecule has 0 spiro atoms. The van der Waals surface area contributed by atoms with E-state index in [-0.39, 0.29) is 41.7 Å². The number of benzene rings is 2. The molecule has 1 fully saturated rings. The fourth-order valence-electron chi connectivity index (χ4n) is 3.81. The number of aromatic nitrogens is 1. The van der Waals surface area contributed by atoms with Crippen molar-refractivity contribution in [2.24, 2.45) is 5.73 Å². The van der Waals surface area contributed by atoms with Crippen molar-refractivity contribution in [2.45, 2.75) is 30.7 Å². The summed E-state index contributed by atoms with van der Waals surface area (Å²) in [7, 11) is 0. The highest BCUT2D eigenvalue weighted by molar-refractivity contribution is 5.85. The summed E-state index contributed by atoms with van der Waals surface area (Å²) < 4.78 is 0. The Hall–Kier alpha value is -1.91. The first-order chi connectivity index (χ1) is 11.8. The van der Waals surface area contributed by atoms with Crippen LogP contribution in [-0.2, 0) is 5.41 Å². The Bertz CT molecular complexity index is 807. The number of rotatable bonds is 4. The van der Waals surface area contributed by atoms with Gasteiger partial charge in [-0.1, -0.05) is 67.1 Å². The number of hydrogen-bond donors (Lipinski definition) is 1. The quantitative estimate of drug-likeness (QED) is 0.671. The van der Waals surface area contributed by atoms with E-state index in [2.05, 4.69) is 53.5 Å². The van der Waals surface area contributed by atoms with E-state index in [9.17, 15) is 0 Å². The molecule has 0 amide bonds. The molecule has 3 aromatic rings. The van der Waals surface area contributed by atoms with Crippen molar-refractivity contribution in [3.63, 3.8) is 0 Å². The van der Waals surface area contributed by atoms with E-state index in [1.807, 2.05) is 30.5 Å². The first kappa shape index (κ1) is 23.1. The van der Waals surface area contributed by atoms with Crippen LogP contribution >= 0.6 is 24.8 Å². The summed E-state index contributed by atoms with van der Waals surface area (Å²) in [5.74, 6) is 0. The van der Waals surface area contributed by atoms with Gasteiger partial charge in [0.1, 0.15) is 0 Å². The molecule has 0 saturated heterocycles. The van der Waals surface area contributed by atoms with Gasteiger partial charge in [0, 0.05) is 11.6 Å². The average molecular weight is 405 g/mol. The zero-order valence-corrected chi connectivity index (χ0v) is 16.7. The molecule has 1 atom stereocenters. The fourth-order valence-corrected chi connectivity index (χ4v) is 3.81. The second kappa shape index (κ2) is 9.86. The molecule has 0 aliphatic heterocycles. The number of halogens is 2. The summed E-state index contributed by atoms with van der Waals surface area (Å²) in [5.41, 5.74) is 11.5. The topological polar surface area (TPSA) is 70.4 Å². The third kappa shape index (κ3) is 4.33. The minimum atomic E-state index is -0.0463. The Morgan fingerprint density at radius 2 is 1.37 bits per heavy atom. The van der Waals surface area contributed by atoms with E-state index in [1.54, 1.807) is 0 Å². The first-order valence-electron chi connectivity index (χ1n) is 8.62. The molecule has 0 radical (unpaired) electrons. The summed E-state index contributed by atoms with van der Waals surface area (Å²) in [4.78, 5) is 4.49.